The molecule has 0 fully saturated rings. The summed E-state index contributed by atoms with van der Waals surface area (Å²) in [7, 11) is -1.85. The van der Waals surface area contributed by atoms with E-state index in [9.17, 15) is 0 Å². The van der Waals surface area contributed by atoms with Gasteiger partial charge in [-0.2, -0.15) is 0 Å². The van der Waals surface area contributed by atoms with Crippen molar-refractivity contribution in [1.29, 1.82) is 0 Å². The molecule has 1 N–H and O–H groups in total. The van der Waals surface area contributed by atoms with Crippen LogP contribution in [-0.4, -0.2) is 13.8 Å². The maximum atomic E-state index is 4.19. The molecule has 2 aromatic carbocycles. The van der Waals surface area contributed by atoms with Crippen molar-refractivity contribution in [2.45, 2.75) is 73.5 Å². The first kappa shape index (κ1) is 21.8. The Labute approximate surface area is 187 Å². The largest absolute Gasteiger partial charge is 0.329 e. The van der Waals surface area contributed by atoms with Gasteiger partial charge in [0, 0.05) is 25.7 Å². The molecule has 4 rings (SSSR count). The molecule has 1 aromatic heterocycles. The minimum atomic E-state index is -1.85. The summed E-state index contributed by atoms with van der Waals surface area (Å²) in [5.74, 6) is 0.504. The Bertz CT molecular complexity index is 1250. The molecule has 0 saturated carbocycles. The van der Waals surface area contributed by atoms with E-state index < -0.39 is 8.24 Å². The van der Waals surface area contributed by atoms with Crippen molar-refractivity contribution in [3.8, 4) is 0 Å². The lowest BCUT2D eigenvalue weighted by Crippen LogP contribution is -2.59. The van der Waals surface area contributed by atoms with Crippen LogP contribution in [0.15, 0.2) is 36.4 Å². The Kier molecular flexibility index (Phi) is 5.12. The molecular weight excluding hydrogens is 398 g/mol. The van der Waals surface area contributed by atoms with Crippen LogP contribution < -0.4 is 15.4 Å². The van der Waals surface area contributed by atoms with Gasteiger partial charge in [0.05, 0.1) is 0 Å². The lowest BCUT2D eigenvalue weighted by molar-refractivity contribution is 0.268. The quantitative estimate of drug-likeness (QED) is 0.457. The van der Waals surface area contributed by atoms with Crippen molar-refractivity contribution in [3.05, 3.63) is 46.8 Å². The van der Waals surface area contributed by atoms with Gasteiger partial charge in [0.1, 0.15) is 8.24 Å². The molecule has 0 saturated heterocycles. The first-order valence-corrected chi connectivity index (χ1v) is 15.1. The second-order valence-corrected chi connectivity index (χ2v) is 16.8. The van der Waals surface area contributed by atoms with Crippen LogP contribution in [0.25, 0.3) is 30.9 Å². The third-order valence-electron chi connectivity index (χ3n) is 6.61. The van der Waals surface area contributed by atoms with E-state index >= 15 is 0 Å². The average molecular weight is 436 g/mol. The van der Waals surface area contributed by atoms with E-state index in [2.05, 4.69) is 103 Å². The SMILES string of the molecule is CC1=c2c(ccc3sc4ccccc4c23)=C([Si](C)(C)NC(C)(C)CC(C)(C)C)C1C. The number of fused-ring (bicyclic) bond motifs is 5. The summed E-state index contributed by atoms with van der Waals surface area (Å²) in [4.78, 5) is 4.19. The van der Waals surface area contributed by atoms with E-state index in [0.717, 1.165) is 0 Å². The molecular formula is C27H37NSSi. The van der Waals surface area contributed by atoms with Gasteiger partial charge < -0.3 is 4.98 Å². The molecule has 1 aliphatic carbocycles. The van der Waals surface area contributed by atoms with Crippen molar-refractivity contribution in [3.63, 3.8) is 0 Å². The fourth-order valence-electron chi connectivity index (χ4n) is 6.28. The topological polar surface area (TPSA) is 12.0 Å². The van der Waals surface area contributed by atoms with Crippen LogP contribution in [0.1, 0.15) is 54.9 Å². The van der Waals surface area contributed by atoms with Gasteiger partial charge in [-0.15, -0.1) is 11.3 Å². The summed E-state index contributed by atoms with van der Waals surface area (Å²) >= 11 is 1.93. The van der Waals surface area contributed by atoms with Gasteiger partial charge in [0.2, 0.25) is 0 Å². The van der Waals surface area contributed by atoms with Crippen LogP contribution >= 0.6 is 11.3 Å². The summed E-state index contributed by atoms with van der Waals surface area (Å²) in [6, 6.07) is 13.7. The van der Waals surface area contributed by atoms with Crippen molar-refractivity contribution in [2.75, 3.05) is 0 Å². The lowest BCUT2D eigenvalue weighted by atomic mass is 9.82. The van der Waals surface area contributed by atoms with Gasteiger partial charge in [-0.1, -0.05) is 75.8 Å². The van der Waals surface area contributed by atoms with Gasteiger partial charge >= 0.3 is 0 Å². The zero-order chi connectivity index (χ0) is 22.1. The second-order valence-electron chi connectivity index (χ2n) is 11.6. The minimum Gasteiger partial charge on any atom is -0.329 e. The van der Waals surface area contributed by atoms with Crippen molar-refractivity contribution in [1.82, 2.24) is 4.98 Å². The lowest BCUT2D eigenvalue weighted by Gasteiger charge is -2.41. The zero-order valence-corrected chi connectivity index (χ0v) is 22.0. The Hall–Kier alpha value is -1.42. The molecule has 0 spiro atoms. The standard InChI is InChI=1S/C27H37NSSi/c1-17-18(2)25(30(8,9)28-27(6,7)16-26(3,4)5)20-14-15-22-24(23(17)20)19-12-10-11-13-21(19)29-22/h10-15,18,28H,16H2,1-9H3. The van der Waals surface area contributed by atoms with E-state index in [1.807, 2.05) is 11.3 Å². The maximum Gasteiger partial charge on any atom is 0.149 e. The molecule has 0 aliphatic heterocycles. The van der Waals surface area contributed by atoms with Crippen LogP contribution in [0.2, 0.25) is 13.1 Å². The Morgan fingerprint density at radius 3 is 2.30 bits per heavy atom. The summed E-state index contributed by atoms with van der Waals surface area (Å²) in [6.45, 7) is 21.7. The fourth-order valence-corrected chi connectivity index (χ4v) is 11.5. The molecule has 0 amide bonds. The predicted molar refractivity (Wildman–Crippen MR) is 139 cm³/mol. The number of hydrogen-bond donors (Lipinski definition) is 1. The number of nitrogens with one attached hydrogen (secondary N) is 1. The first-order valence-electron chi connectivity index (χ1n) is 11.3. The monoisotopic (exact) mass is 435 g/mol. The average Bonchev–Trinajstić information content (AvgIpc) is 3.07. The molecule has 3 heteroatoms. The van der Waals surface area contributed by atoms with Crippen LogP contribution in [0.3, 0.4) is 0 Å². The summed E-state index contributed by atoms with van der Waals surface area (Å²) in [6.07, 6.45) is 1.17. The van der Waals surface area contributed by atoms with Gasteiger partial charge in [-0.25, -0.2) is 0 Å². The van der Waals surface area contributed by atoms with Gasteiger partial charge in [-0.05, 0) is 61.1 Å². The molecule has 3 aromatic rings. The van der Waals surface area contributed by atoms with Crippen LogP contribution in [0.4, 0.5) is 0 Å². The van der Waals surface area contributed by atoms with E-state index in [1.165, 1.54) is 37.0 Å². The number of thiophene rings is 1. The second kappa shape index (κ2) is 7.05. The minimum absolute atomic E-state index is 0.122. The van der Waals surface area contributed by atoms with Crippen LogP contribution in [0, 0.1) is 11.3 Å². The molecule has 1 nitrogen and oxygen atoms in total. The van der Waals surface area contributed by atoms with Gasteiger partial charge in [0.25, 0.3) is 0 Å². The highest BCUT2D eigenvalue weighted by Gasteiger charge is 2.39. The summed E-state index contributed by atoms with van der Waals surface area (Å²) in [5, 5.41) is 7.60. The smallest absolute Gasteiger partial charge is 0.149 e. The van der Waals surface area contributed by atoms with E-state index in [0.29, 0.717) is 11.3 Å². The van der Waals surface area contributed by atoms with Crippen molar-refractivity contribution in [2.24, 2.45) is 11.3 Å². The van der Waals surface area contributed by atoms with Gasteiger partial charge in [0.15, 0.2) is 0 Å². The van der Waals surface area contributed by atoms with Crippen molar-refractivity contribution < 1.29 is 0 Å². The van der Waals surface area contributed by atoms with E-state index in [4.69, 9.17) is 0 Å². The third-order valence-corrected chi connectivity index (χ3v) is 11.1. The summed E-state index contributed by atoms with van der Waals surface area (Å²) < 4.78 is 2.82. The first-order chi connectivity index (χ1) is 13.8. The van der Waals surface area contributed by atoms with E-state index in [1.54, 1.807) is 10.8 Å². The van der Waals surface area contributed by atoms with Crippen LogP contribution in [0.5, 0.6) is 0 Å². The molecule has 1 aliphatic rings. The number of rotatable bonds is 4. The molecule has 1 heterocycles. The highest BCUT2D eigenvalue weighted by molar-refractivity contribution is 7.25. The van der Waals surface area contributed by atoms with E-state index in [-0.39, 0.29) is 5.54 Å². The number of benzene rings is 2. The maximum absolute atomic E-state index is 4.19. The van der Waals surface area contributed by atoms with Crippen LogP contribution in [-0.2, 0) is 0 Å². The Morgan fingerprint density at radius 2 is 1.63 bits per heavy atom. The Morgan fingerprint density at radius 1 is 0.967 bits per heavy atom. The number of hydrogen-bond acceptors (Lipinski definition) is 2. The normalized spacial score (nSPS) is 18.0. The molecule has 1 atom stereocenters. The molecule has 0 radical (unpaired) electrons. The molecule has 1 unspecified atom stereocenters. The van der Waals surface area contributed by atoms with Crippen molar-refractivity contribution >= 4 is 50.5 Å². The highest BCUT2D eigenvalue weighted by atomic mass is 32.1. The third kappa shape index (κ3) is 3.70. The molecule has 160 valence electrons. The summed E-state index contributed by atoms with van der Waals surface area (Å²) in [5.41, 5.74) is 1.98. The molecule has 0 bridgehead atoms. The van der Waals surface area contributed by atoms with Gasteiger partial charge in [-0.3, -0.25) is 0 Å². The molecule has 30 heavy (non-hydrogen) atoms. The fraction of sp³-hybridized carbons (Fsp3) is 0.481. The predicted octanol–water partition coefficient (Wildman–Crippen LogP) is 6.57. The highest BCUT2D eigenvalue weighted by Crippen LogP contribution is 2.36. The Balaban J connectivity index is 1.94. The zero-order valence-electron chi connectivity index (χ0n) is 20.2.